The average molecular weight is 482 g/mol. The molecule has 1 amide bonds. The first-order valence-corrected chi connectivity index (χ1v) is 11.4. The highest BCUT2D eigenvalue weighted by Gasteiger charge is 2.20. The van der Waals surface area contributed by atoms with Gasteiger partial charge in [0.15, 0.2) is 11.5 Å². The number of para-hydroxylation sites is 1. The third kappa shape index (κ3) is 3.80. The summed E-state index contributed by atoms with van der Waals surface area (Å²) in [4.78, 5) is 22.0. The number of methoxy groups -OCH3 is 1. The van der Waals surface area contributed by atoms with Gasteiger partial charge in [-0.05, 0) is 41.5 Å². The number of benzene rings is 3. The number of hydrogen-bond acceptors (Lipinski definition) is 7. The molecule has 0 bridgehead atoms. The maximum Gasteiger partial charge on any atom is 0.289 e. The summed E-state index contributed by atoms with van der Waals surface area (Å²) >= 11 is 0. The van der Waals surface area contributed by atoms with Crippen molar-refractivity contribution in [3.05, 3.63) is 83.7 Å². The smallest absolute Gasteiger partial charge is 0.289 e. The van der Waals surface area contributed by atoms with Gasteiger partial charge in [-0.2, -0.15) is 0 Å². The Balaban J connectivity index is 1.35. The summed E-state index contributed by atoms with van der Waals surface area (Å²) in [5, 5.41) is 4.54. The molecule has 0 atom stereocenters. The molecule has 1 aliphatic heterocycles. The number of rotatable bonds is 6. The first kappa shape index (κ1) is 21.7. The van der Waals surface area contributed by atoms with Crippen LogP contribution in [0, 0.1) is 0 Å². The van der Waals surface area contributed by atoms with E-state index in [1.807, 2.05) is 66.7 Å². The Bertz CT molecular complexity index is 1610. The summed E-state index contributed by atoms with van der Waals surface area (Å²) in [5.74, 6) is 2.00. The van der Waals surface area contributed by atoms with E-state index in [-0.39, 0.29) is 25.0 Å². The van der Waals surface area contributed by atoms with Crippen LogP contribution >= 0.6 is 0 Å². The number of nitrogens with zero attached hydrogens (tertiary/aromatic N) is 3. The van der Waals surface area contributed by atoms with Gasteiger partial charge in [-0.1, -0.05) is 36.4 Å². The van der Waals surface area contributed by atoms with E-state index in [1.165, 1.54) is 0 Å². The van der Waals surface area contributed by atoms with Crippen molar-refractivity contribution in [2.24, 2.45) is 0 Å². The molecular weight excluding hydrogens is 458 g/mol. The van der Waals surface area contributed by atoms with Gasteiger partial charge in [-0.25, -0.2) is 9.97 Å². The van der Waals surface area contributed by atoms with Crippen LogP contribution in [0.5, 0.6) is 17.2 Å². The lowest BCUT2D eigenvalue weighted by molar-refractivity contribution is 0.0941. The molecule has 0 radical (unpaired) electrons. The second-order valence-corrected chi connectivity index (χ2v) is 8.45. The number of carbonyl (C=O) groups is 1. The normalized spacial score (nSPS) is 12.2. The summed E-state index contributed by atoms with van der Waals surface area (Å²) in [7, 11) is 1.64. The van der Waals surface area contributed by atoms with Crippen LogP contribution in [0.25, 0.3) is 21.9 Å². The lowest BCUT2D eigenvalue weighted by Crippen LogP contribution is -2.25. The fourth-order valence-electron chi connectivity index (χ4n) is 4.44. The second-order valence-electron chi connectivity index (χ2n) is 8.45. The third-order valence-electron chi connectivity index (χ3n) is 6.23. The topological polar surface area (TPSA) is 114 Å². The van der Waals surface area contributed by atoms with Crippen LogP contribution in [0.3, 0.4) is 0 Å². The van der Waals surface area contributed by atoms with E-state index in [4.69, 9.17) is 19.9 Å². The van der Waals surface area contributed by atoms with E-state index >= 15 is 0 Å². The van der Waals surface area contributed by atoms with Gasteiger partial charge in [0.1, 0.15) is 17.2 Å². The van der Waals surface area contributed by atoms with Crippen LogP contribution in [-0.4, -0.2) is 34.3 Å². The number of nitrogen functional groups attached to an aromatic ring is 1. The highest BCUT2D eigenvalue weighted by atomic mass is 16.7. The first-order valence-electron chi connectivity index (χ1n) is 11.4. The van der Waals surface area contributed by atoms with Crippen LogP contribution in [0.2, 0.25) is 0 Å². The van der Waals surface area contributed by atoms with Gasteiger partial charge in [-0.15, -0.1) is 0 Å². The Hall–Kier alpha value is -4.79. The fraction of sp³-hybridized carbons (Fsp3) is 0.148. The van der Waals surface area contributed by atoms with Crippen molar-refractivity contribution in [1.29, 1.82) is 0 Å². The molecule has 6 rings (SSSR count). The molecule has 0 fully saturated rings. The van der Waals surface area contributed by atoms with E-state index in [0.29, 0.717) is 23.7 Å². The van der Waals surface area contributed by atoms with Gasteiger partial charge in [0.25, 0.3) is 5.91 Å². The van der Waals surface area contributed by atoms with E-state index in [2.05, 4.69) is 19.9 Å². The molecular formula is C27H23N5O4. The summed E-state index contributed by atoms with van der Waals surface area (Å²) in [6.07, 6.45) is 0. The minimum atomic E-state index is -0.414. The zero-order chi connectivity index (χ0) is 24.6. The summed E-state index contributed by atoms with van der Waals surface area (Å²) in [6.45, 7) is 1.02. The quantitative estimate of drug-likeness (QED) is 0.378. The van der Waals surface area contributed by atoms with Gasteiger partial charge < -0.3 is 29.8 Å². The number of aromatic nitrogens is 3. The van der Waals surface area contributed by atoms with E-state index in [1.54, 1.807) is 7.11 Å². The number of fused-ring (bicyclic) bond motifs is 4. The van der Waals surface area contributed by atoms with E-state index < -0.39 is 5.91 Å². The molecule has 9 nitrogen and oxygen atoms in total. The molecule has 0 spiro atoms. The molecule has 9 heteroatoms. The van der Waals surface area contributed by atoms with Crippen LogP contribution < -0.4 is 25.3 Å². The molecule has 3 aromatic carbocycles. The molecule has 36 heavy (non-hydrogen) atoms. The van der Waals surface area contributed by atoms with Crippen molar-refractivity contribution >= 4 is 33.7 Å². The number of carbonyl (C=O) groups excluding carboxylic acids is 1. The highest BCUT2D eigenvalue weighted by molar-refractivity contribution is 6.12. The maximum atomic E-state index is 13.0. The van der Waals surface area contributed by atoms with Crippen molar-refractivity contribution in [2.75, 3.05) is 19.6 Å². The van der Waals surface area contributed by atoms with E-state index in [9.17, 15) is 4.79 Å². The zero-order valence-electron chi connectivity index (χ0n) is 19.5. The van der Waals surface area contributed by atoms with Crippen LogP contribution in [0.15, 0.2) is 66.7 Å². The molecule has 1 aliphatic rings. The Morgan fingerprint density at radius 2 is 1.81 bits per heavy atom. The lowest BCUT2D eigenvalue weighted by Gasteiger charge is -2.10. The number of nitrogens with two attached hydrogens (primary N) is 1. The average Bonchev–Trinajstić information content (AvgIpc) is 3.50. The van der Waals surface area contributed by atoms with Gasteiger partial charge in [-0.3, -0.25) is 4.79 Å². The third-order valence-corrected chi connectivity index (χ3v) is 6.23. The molecule has 5 aromatic rings. The fourth-order valence-corrected chi connectivity index (χ4v) is 4.44. The van der Waals surface area contributed by atoms with Crippen molar-refractivity contribution in [2.45, 2.75) is 13.1 Å². The number of amides is 1. The van der Waals surface area contributed by atoms with Crippen molar-refractivity contribution in [3.63, 3.8) is 0 Å². The molecule has 180 valence electrons. The van der Waals surface area contributed by atoms with Gasteiger partial charge in [0.2, 0.25) is 12.6 Å². The molecule has 0 saturated heterocycles. The number of nitrogens with one attached hydrogen (secondary N) is 1. The molecule has 0 saturated carbocycles. The van der Waals surface area contributed by atoms with Crippen molar-refractivity contribution in [3.8, 4) is 17.2 Å². The predicted molar refractivity (Wildman–Crippen MR) is 135 cm³/mol. The standard InChI is InChI=1S/C27H23N5O4/c1-34-18-9-6-16(7-10-18)14-32-20-5-3-2-4-19(20)23-24(28)30-25(31-26(23)32)27(33)29-13-17-8-11-21-22(12-17)36-15-35-21/h2-12H,13-15H2,1H3,(H,29,33)(H2,28,30,31). The monoisotopic (exact) mass is 481 g/mol. The first-order chi connectivity index (χ1) is 17.6. The largest absolute Gasteiger partial charge is 0.497 e. The second kappa shape index (κ2) is 8.77. The Morgan fingerprint density at radius 1 is 1.03 bits per heavy atom. The molecule has 0 unspecified atom stereocenters. The van der Waals surface area contributed by atoms with Crippen LogP contribution in [-0.2, 0) is 13.1 Å². The Morgan fingerprint density at radius 3 is 2.64 bits per heavy atom. The highest BCUT2D eigenvalue weighted by Crippen LogP contribution is 2.33. The minimum Gasteiger partial charge on any atom is -0.497 e. The molecule has 3 N–H and O–H groups in total. The number of anilines is 1. The van der Waals surface area contributed by atoms with Crippen molar-refractivity contribution in [1.82, 2.24) is 19.9 Å². The maximum absolute atomic E-state index is 13.0. The minimum absolute atomic E-state index is 0.0135. The zero-order valence-corrected chi connectivity index (χ0v) is 19.5. The molecule has 0 aliphatic carbocycles. The summed E-state index contributed by atoms with van der Waals surface area (Å²) < 4.78 is 18.1. The summed E-state index contributed by atoms with van der Waals surface area (Å²) in [5.41, 5.74) is 9.88. The van der Waals surface area contributed by atoms with Crippen LogP contribution in [0.4, 0.5) is 5.82 Å². The SMILES string of the molecule is COc1ccc(Cn2c3ccccc3c3c(N)nc(C(=O)NCc4ccc5c(c4)OCO5)nc32)cc1. The molecule has 2 aromatic heterocycles. The lowest BCUT2D eigenvalue weighted by atomic mass is 10.2. The number of ether oxygens (including phenoxy) is 3. The van der Waals surface area contributed by atoms with Crippen molar-refractivity contribution < 1.29 is 19.0 Å². The van der Waals surface area contributed by atoms with E-state index in [0.717, 1.165) is 33.2 Å². The summed E-state index contributed by atoms with van der Waals surface area (Å²) in [6, 6.07) is 21.3. The number of hydrogen-bond donors (Lipinski definition) is 2. The predicted octanol–water partition coefficient (Wildman–Crippen LogP) is 3.88. The Kier molecular flexibility index (Phi) is 5.29. The molecule has 3 heterocycles. The van der Waals surface area contributed by atoms with Gasteiger partial charge in [0.05, 0.1) is 18.0 Å². The van der Waals surface area contributed by atoms with Gasteiger partial charge in [0, 0.05) is 18.5 Å². The van der Waals surface area contributed by atoms with Gasteiger partial charge >= 0.3 is 0 Å². The Labute approximate surface area is 206 Å². The van der Waals surface area contributed by atoms with Crippen LogP contribution in [0.1, 0.15) is 21.7 Å².